The average molecular weight is 196 g/mol. The number of nitrogens with one attached hydrogen (secondary N) is 1. The van der Waals surface area contributed by atoms with Gasteiger partial charge in [-0.1, -0.05) is 20.8 Å². The van der Waals surface area contributed by atoms with Crippen molar-refractivity contribution in [3.05, 3.63) is 0 Å². The van der Waals surface area contributed by atoms with E-state index in [1.54, 1.807) is 0 Å². The number of piperazine rings is 1. The van der Waals surface area contributed by atoms with E-state index in [4.69, 9.17) is 0 Å². The molecule has 0 aromatic heterocycles. The van der Waals surface area contributed by atoms with Gasteiger partial charge >= 0.3 is 0 Å². The zero-order valence-corrected chi connectivity index (χ0v) is 9.79. The summed E-state index contributed by atoms with van der Waals surface area (Å²) in [7, 11) is 0. The first-order valence-corrected chi connectivity index (χ1v) is 6.19. The van der Waals surface area contributed by atoms with Crippen LogP contribution in [-0.4, -0.2) is 36.6 Å². The van der Waals surface area contributed by atoms with Crippen molar-refractivity contribution in [1.29, 1.82) is 0 Å². The highest BCUT2D eigenvalue weighted by molar-refractivity contribution is 4.94. The van der Waals surface area contributed by atoms with E-state index in [2.05, 4.69) is 31.0 Å². The predicted molar refractivity (Wildman–Crippen MR) is 60.4 cm³/mol. The normalized spacial score (nSPS) is 44.8. The van der Waals surface area contributed by atoms with E-state index in [0.29, 0.717) is 0 Å². The molecule has 4 unspecified atom stereocenters. The highest BCUT2D eigenvalue weighted by atomic mass is 15.2. The Kier molecular flexibility index (Phi) is 3.13. The summed E-state index contributed by atoms with van der Waals surface area (Å²) < 4.78 is 0. The lowest BCUT2D eigenvalue weighted by atomic mass is 9.70. The van der Waals surface area contributed by atoms with Crippen LogP contribution in [-0.2, 0) is 0 Å². The SMILES string of the molecule is CCC1CN(C2CC(C)C2C)CCN1. The third kappa shape index (κ3) is 1.82. The second-order valence-electron chi connectivity index (χ2n) is 5.19. The van der Waals surface area contributed by atoms with E-state index in [9.17, 15) is 0 Å². The Labute approximate surface area is 88.1 Å². The van der Waals surface area contributed by atoms with Gasteiger partial charge in [-0.3, -0.25) is 4.90 Å². The molecule has 0 aromatic carbocycles. The van der Waals surface area contributed by atoms with E-state index in [1.807, 2.05) is 0 Å². The zero-order chi connectivity index (χ0) is 10.1. The maximum atomic E-state index is 3.59. The highest BCUT2D eigenvalue weighted by Gasteiger charge is 2.39. The molecule has 0 amide bonds. The maximum Gasteiger partial charge on any atom is 0.0193 e. The lowest BCUT2D eigenvalue weighted by molar-refractivity contribution is 0.00552. The Morgan fingerprint density at radius 1 is 1.36 bits per heavy atom. The molecule has 82 valence electrons. The van der Waals surface area contributed by atoms with Crippen LogP contribution in [0.25, 0.3) is 0 Å². The van der Waals surface area contributed by atoms with Crippen molar-refractivity contribution in [2.75, 3.05) is 19.6 Å². The van der Waals surface area contributed by atoms with Gasteiger partial charge in [0.25, 0.3) is 0 Å². The Balaban J connectivity index is 1.86. The first kappa shape index (κ1) is 10.4. The summed E-state index contributed by atoms with van der Waals surface area (Å²) in [5, 5.41) is 3.59. The van der Waals surface area contributed by atoms with Gasteiger partial charge in [-0.2, -0.15) is 0 Å². The molecule has 0 aromatic rings. The van der Waals surface area contributed by atoms with E-state index >= 15 is 0 Å². The monoisotopic (exact) mass is 196 g/mol. The zero-order valence-electron chi connectivity index (χ0n) is 9.79. The minimum atomic E-state index is 0.742. The quantitative estimate of drug-likeness (QED) is 0.723. The van der Waals surface area contributed by atoms with Crippen molar-refractivity contribution >= 4 is 0 Å². The van der Waals surface area contributed by atoms with Crippen LogP contribution in [0.2, 0.25) is 0 Å². The van der Waals surface area contributed by atoms with Crippen LogP contribution in [0.4, 0.5) is 0 Å². The summed E-state index contributed by atoms with van der Waals surface area (Å²) in [5.74, 6) is 1.88. The van der Waals surface area contributed by atoms with Crippen LogP contribution >= 0.6 is 0 Å². The molecule has 2 nitrogen and oxygen atoms in total. The van der Waals surface area contributed by atoms with Gasteiger partial charge in [0.1, 0.15) is 0 Å². The minimum Gasteiger partial charge on any atom is -0.311 e. The lowest BCUT2D eigenvalue weighted by Gasteiger charge is -2.50. The van der Waals surface area contributed by atoms with Crippen LogP contribution in [0.5, 0.6) is 0 Å². The Morgan fingerprint density at radius 3 is 2.71 bits per heavy atom. The van der Waals surface area contributed by atoms with Crippen molar-refractivity contribution in [2.45, 2.75) is 45.7 Å². The standard InChI is InChI=1S/C12H24N2/c1-4-11-8-14(6-5-13-11)12-7-9(2)10(12)3/h9-13H,4-8H2,1-3H3. The fourth-order valence-electron chi connectivity index (χ4n) is 2.90. The Morgan fingerprint density at radius 2 is 2.14 bits per heavy atom. The molecule has 1 heterocycles. The predicted octanol–water partition coefficient (Wildman–Crippen LogP) is 1.71. The third-order valence-electron chi connectivity index (χ3n) is 4.37. The van der Waals surface area contributed by atoms with Crippen LogP contribution in [0.1, 0.15) is 33.6 Å². The molecule has 0 spiro atoms. The molecule has 14 heavy (non-hydrogen) atoms. The molecule has 0 radical (unpaired) electrons. The van der Waals surface area contributed by atoms with Gasteiger partial charge in [0.15, 0.2) is 0 Å². The first-order chi connectivity index (χ1) is 6.72. The molecule has 1 saturated heterocycles. The molecular formula is C12H24N2. The van der Waals surface area contributed by atoms with E-state index in [1.165, 1.54) is 32.5 Å². The van der Waals surface area contributed by atoms with Crippen molar-refractivity contribution in [3.63, 3.8) is 0 Å². The van der Waals surface area contributed by atoms with Gasteiger partial charge in [-0.15, -0.1) is 0 Å². The number of rotatable bonds is 2. The fraction of sp³-hybridized carbons (Fsp3) is 1.00. The number of hydrogen-bond donors (Lipinski definition) is 1. The summed E-state index contributed by atoms with van der Waals surface area (Å²) in [5.41, 5.74) is 0. The molecule has 1 N–H and O–H groups in total. The maximum absolute atomic E-state index is 3.59. The Hall–Kier alpha value is -0.0800. The highest BCUT2D eigenvalue weighted by Crippen LogP contribution is 2.37. The largest absolute Gasteiger partial charge is 0.311 e. The van der Waals surface area contributed by atoms with E-state index < -0.39 is 0 Å². The minimum absolute atomic E-state index is 0.742. The molecular weight excluding hydrogens is 172 g/mol. The van der Waals surface area contributed by atoms with Crippen molar-refractivity contribution < 1.29 is 0 Å². The summed E-state index contributed by atoms with van der Waals surface area (Å²) in [6, 6.07) is 1.63. The molecule has 0 bridgehead atoms. The second kappa shape index (κ2) is 4.19. The molecule has 2 rings (SSSR count). The molecule has 4 atom stereocenters. The summed E-state index contributed by atoms with van der Waals surface area (Å²) in [4.78, 5) is 2.72. The molecule has 2 heteroatoms. The van der Waals surface area contributed by atoms with Gasteiger partial charge < -0.3 is 5.32 Å². The van der Waals surface area contributed by atoms with Crippen LogP contribution in [0.3, 0.4) is 0 Å². The average Bonchev–Trinajstić information content (AvgIpc) is 2.25. The smallest absolute Gasteiger partial charge is 0.0193 e. The second-order valence-corrected chi connectivity index (χ2v) is 5.19. The van der Waals surface area contributed by atoms with Gasteiger partial charge in [0.2, 0.25) is 0 Å². The summed E-state index contributed by atoms with van der Waals surface area (Å²) >= 11 is 0. The third-order valence-corrected chi connectivity index (χ3v) is 4.37. The number of nitrogens with zero attached hydrogens (tertiary/aromatic N) is 1. The molecule has 1 saturated carbocycles. The van der Waals surface area contributed by atoms with Crippen molar-refractivity contribution in [2.24, 2.45) is 11.8 Å². The molecule has 1 aliphatic heterocycles. The van der Waals surface area contributed by atoms with Crippen molar-refractivity contribution in [1.82, 2.24) is 10.2 Å². The molecule has 2 aliphatic rings. The van der Waals surface area contributed by atoms with Gasteiger partial charge in [-0.25, -0.2) is 0 Å². The summed E-state index contributed by atoms with van der Waals surface area (Å²) in [6.07, 6.45) is 2.70. The topological polar surface area (TPSA) is 15.3 Å². The molecule has 2 fully saturated rings. The molecule has 1 aliphatic carbocycles. The fourth-order valence-corrected chi connectivity index (χ4v) is 2.90. The summed E-state index contributed by atoms with van der Waals surface area (Å²) in [6.45, 7) is 10.8. The van der Waals surface area contributed by atoms with Crippen LogP contribution in [0.15, 0.2) is 0 Å². The van der Waals surface area contributed by atoms with Crippen LogP contribution < -0.4 is 5.32 Å². The number of hydrogen-bond acceptors (Lipinski definition) is 2. The lowest BCUT2D eigenvalue weighted by Crippen LogP contribution is -2.59. The van der Waals surface area contributed by atoms with Gasteiger partial charge in [0, 0.05) is 31.7 Å². The van der Waals surface area contributed by atoms with Gasteiger partial charge in [-0.05, 0) is 24.7 Å². The van der Waals surface area contributed by atoms with E-state index in [-0.39, 0.29) is 0 Å². The van der Waals surface area contributed by atoms with Crippen molar-refractivity contribution in [3.8, 4) is 0 Å². The van der Waals surface area contributed by atoms with Gasteiger partial charge in [0.05, 0.1) is 0 Å². The van der Waals surface area contributed by atoms with Crippen LogP contribution in [0, 0.1) is 11.8 Å². The first-order valence-electron chi connectivity index (χ1n) is 6.19. The van der Waals surface area contributed by atoms with E-state index in [0.717, 1.165) is 23.9 Å². The Bertz CT molecular complexity index is 193.